The van der Waals surface area contributed by atoms with Gasteiger partial charge in [0.05, 0.1) is 5.56 Å². The minimum Gasteiger partial charge on any atom is -0.428 e. The molecule has 0 aliphatic rings. The molecule has 110 valence electrons. The van der Waals surface area contributed by atoms with E-state index in [2.05, 4.69) is 19.1 Å². The summed E-state index contributed by atoms with van der Waals surface area (Å²) in [6.07, 6.45) is 0. The molecule has 3 aromatic rings. The Labute approximate surface area is 130 Å². The Morgan fingerprint density at radius 2 is 1.23 bits per heavy atom. The summed E-state index contributed by atoms with van der Waals surface area (Å²) >= 11 is 0. The molecule has 0 atom stereocenters. The van der Waals surface area contributed by atoms with Gasteiger partial charge in [-0.2, -0.15) is 0 Å². The summed E-state index contributed by atoms with van der Waals surface area (Å²) in [4.78, 5) is 12.4. The lowest BCUT2D eigenvalue weighted by atomic mass is 9.95. The van der Waals surface area contributed by atoms with Crippen LogP contribution in [0.15, 0.2) is 63.8 Å². The molecule has 0 radical (unpaired) electrons. The molecule has 1 aromatic heterocycles. The molecule has 3 rings (SSSR count). The van der Waals surface area contributed by atoms with Crippen LogP contribution < -0.4 is 5.63 Å². The predicted molar refractivity (Wildman–Crippen MR) is 90.1 cm³/mol. The SMILES string of the molecule is Cc1ccc(-c2cc(C)oc(=O)c2-c2ccc(C)cc2)cc1. The van der Waals surface area contributed by atoms with Crippen molar-refractivity contribution in [3.8, 4) is 22.3 Å². The van der Waals surface area contributed by atoms with E-state index in [-0.39, 0.29) is 5.63 Å². The van der Waals surface area contributed by atoms with Gasteiger partial charge in [-0.1, -0.05) is 59.7 Å². The zero-order chi connectivity index (χ0) is 15.7. The van der Waals surface area contributed by atoms with Crippen molar-refractivity contribution < 1.29 is 4.42 Å². The summed E-state index contributed by atoms with van der Waals surface area (Å²) in [7, 11) is 0. The molecular formula is C20H18O2. The summed E-state index contributed by atoms with van der Waals surface area (Å²) in [5, 5.41) is 0. The largest absolute Gasteiger partial charge is 0.428 e. The first kappa shape index (κ1) is 14.3. The van der Waals surface area contributed by atoms with Crippen LogP contribution in [0.4, 0.5) is 0 Å². The van der Waals surface area contributed by atoms with E-state index in [1.807, 2.05) is 49.4 Å². The van der Waals surface area contributed by atoms with Crippen molar-refractivity contribution in [1.82, 2.24) is 0 Å². The van der Waals surface area contributed by atoms with Gasteiger partial charge in [0.15, 0.2) is 0 Å². The Morgan fingerprint density at radius 3 is 1.77 bits per heavy atom. The molecule has 0 saturated heterocycles. The third-order valence-corrected chi connectivity index (χ3v) is 3.78. The summed E-state index contributed by atoms with van der Waals surface area (Å²) in [5.41, 5.74) is 5.51. The van der Waals surface area contributed by atoms with Crippen molar-refractivity contribution in [2.75, 3.05) is 0 Å². The van der Waals surface area contributed by atoms with Crippen LogP contribution in [0.1, 0.15) is 16.9 Å². The van der Waals surface area contributed by atoms with Crippen LogP contribution in [0.2, 0.25) is 0 Å². The minimum absolute atomic E-state index is 0.292. The highest BCUT2D eigenvalue weighted by molar-refractivity contribution is 5.82. The van der Waals surface area contributed by atoms with Crippen molar-refractivity contribution in [3.63, 3.8) is 0 Å². The molecule has 0 N–H and O–H groups in total. The Kier molecular flexibility index (Phi) is 3.68. The molecule has 0 amide bonds. The van der Waals surface area contributed by atoms with E-state index in [0.29, 0.717) is 11.3 Å². The molecule has 0 saturated carbocycles. The van der Waals surface area contributed by atoms with Gasteiger partial charge in [-0.3, -0.25) is 0 Å². The van der Waals surface area contributed by atoms with Crippen LogP contribution in [0.3, 0.4) is 0 Å². The Morgan fingerprint density at radius 1 is 0.727 bits per heavy atom. The molecule has 22 heavy (non-hydrogen) atoms. The smallest absolute Gasteiger partial charge is 0.344 e. The molecule has 0 fully saturated rings. The zero-order valence-corrected chi connectivity index (χ0v) is 13.0. The van der Waals surface area contributed by atoms with Gasteiger partial charge in [-0.15, -0.1) is 0 Å². The molecule has 0 unspecified atom stereocenters. The van der Waals surface area contributed by atoms with Crippen LogP contribution in [-0.2, 0) is 0 Å². The van der Waals surface area contributed by atoms with E-state index in [1.54, 1.807) is 6.92 Å². The van der Waals surface area contributed by atoms with Crippen LogP contribution >= 0.6 is 0 Å². The molecule has 2 heteroatoms. The van der Waals surface area contributed by atoms with E-state index in [1.165, 1.54) is 5.56 Å². The van der Waals surface area contributed by atoms with E-state index in [4.69, 9.17) is 4.42 Å². The first-order valence-corrected chi connectivity index (χ1v) is 7.33. The van der Waals surface area contributed by atoms with E-state index < -0.39 is 0 Å². The quantitative estimate of drug-likeness (QED) is 0.672. The van der Waals surface area contributed by atoms with Crippen LogP contribution in [0, 0.1) is 20.8 Å². The van der Waals surface area contributed by atoms with Gasteiger partial charge in [0.2, 0.25) is 0 Å². The molecule has 0 aliphatic carbocycles. The first-order chi connectivity index (χ1) is 10.5. The van der Waals surface area contributed by atoms with E-state index >= 15 is 0 Å². The maximum atomic E-state index is 12.4. The number of rotatable bonds is 2. The predicted octanol–water partition coefficient (Wildman–Crippen LogP) is 4.90. The number of hydrogen-bond donors (Lipinski definition) is 0. The van der Waals surface area contributed by atoms with Crippen LogP contribution in [-0.4, -0.2) is 0 Å². The molecular weight excluding hydrogens is 272 g/mol. The molecule has 0 aliphatic heterocycles. The molecule has 1 heterocycles. The second-order valence-corrected chi connectivity index (χ2v) is 5.67. The fourth-order valence-electron chi connectivity index (χ4n) is 2.57. The van der Waals surface area contributed by atoms with Gasteiger partial charge < -0.3 is 4.42 Å². The topological polar surface area (TPSA) is 30.2 Å². The van der Waals surface area contributed by atoms with Gasteiger partial charge in [0, 0.05) is 5.56 Å². The fourth-order valence-corrected chi connectivity index (χ4v) is 2.57. The van der Waals surface area contributed by atoms with Gasteiger partial charge in [-0.05, 0) is 38.0 Å². The third kappa shape index (κ3) is 2.73. The van der Waals surface area contributed by atoms with E-state index in [0.717, 1.165) is 22.3 Å². The lowest BCUT2D eigenvalue weighted by Gasteiger charge is -2.10. The standard InChI is InChI=1S/C20H18O2/c1-13-4-8-16(9-5-13)18-12-15(3)22-20(21)19(18)17-10-6-14(2)7-11-17/h4-12H,1-3H3. The summed E-state index contributed by atoms with van der Waals surface area (Å²) in [6.45, 7) is 5.88. The third-order valence-electron chi connectivity index (χ3n) is 3.78. The maximum absolute atomic E-state index is 12.4. The first-order valence-electron chi connectivity index (χ1n) is 7.33. The lowest BCUT2D eigenvalue weighted by Crippen LogP contribution is -2.06. The fraction of sp³-hybridized carbons (Fsp3) is 0.150. The lowest BCUT2D eigenvalue weighted by molar-refractivity contribution is 0.483. The van der Waals surface area contributed by atoms with Crippen molar-refractivity contribution >= 4 is 0 Å². The second-order valence-electron chi connectivity index (χ2n) is 5.67. The molecule has 0 bridgehead atoms. The highest BCUT2D eigenvalue weighted by Crippen LogP contribution is 2.30. The van der Waals surface area contributed by atoms with Gasteiger partial charge >= 0.3 is 5.63 Å². The molecule has 0 spiro atoms. The highest BCUT2D eigenvalue weighted by atomic mass is 16.4. The molecule has 2 aromatic carbocycles. The summed E-state index contributed by atoms with van der Waals surface area (Å²) < 4.78 is 5.32. The number of benzene rings is 2. The number of hydrogen-bond acceptors (Lipinski definition) is 2. The van der Waals surface area contributed by atoms with Crippen molar-refractivity contribution in [3.05, 3.63) is 81.9 Å². The normalized spacial score (nSPS) is 10.7. The monoisotopic (exact) mass is 290 g/mol. The Hall–Kier alpha value is -2.61. The average Bonchev–Trinajstić information content (AvgIpc) is 2.49. The van der Waals surface area contributed by atoms with Gasteiger partial charge in [-0.25, -0.2) is 4.79 Å². The minimum atomic E-state index is -0.292. The highest BCUT2D eigenvalue weighted by Gasteiger charge is 2.14. The molecule has 2 nitrogen and oxygen atoms in total. The van der Waals surface area contributed by atoms with Gasteiger partial charge in [0.1, 0.15) is 5.76 Å². The van der Waals surface area contributed by atoms with Gasteiger partial charge in [0.25, 0.3) is 0 Å². The second kappa shape index (κ2) is 5.64. The Balaban J connectivity index is 2.27. The van der Waals surface area contributed by atoms with Crippen molar-refractivity contribution in [2.24, 2.45) is 0 Å². The Bertz CT molecular complexity index is 854. The van der Waals surface area contributed by atoms with Crippen LogP contribution in [0.25, 0.3) is 22.3 Å². The van der Waals surface area contributed by atoms with Crippen molar-refractivity contribution in [1.29, 1.82) is 0 Å². The maximum Gasteiger partial charge on any atom is 0.344 e. The van der Waals surface area contributed by atoms with Crippen molar-refractivity contribution in [2.45, 2.75) is 20.8 Å². The zero-order valence-electron chi connectivity index (χ0n) is 13.0. The summed E-state index contributed by atoms with van der Waals surface area (Å²) in [6, 6.07) is 18.1. The number of aryl methyl sites for hydroxylation is 3. The van der Waals surface area contributed by atoms with Crippen LogP contribution in [0.5, 0.6) is 0 Å². The summed E-state index contributed by atoms with van der Waals surface area (Å²) in [5.74, 6) is 0.622. The van der Waals surface area contributed by atoms with E-state index in [9.17, 15) is 4.79 Å². The average molecular weight is 290 g/mol.